The predicted octanol–water partition coefficient (Wildman–Crippen LogP) is 3.46. The zero-order valence-corrected chi connectivity index (χ0v) is 9.29. The van der Waals surface area contributed by atoms with Gasteiger partial charge in [-0.2, -0.15) is 0 Å². The number of hydrogen-bond donors (Lipinski definition) is 0. The Kier molecular flexibility index (Phi) is 11.1. The lowest BCUT2D eigenvalue weighted by Crippen LogP contribution is -2.11. The highest BCUT2D eigenvalue weighted by Crippen LogP contribution is 2.06. The van der Waals surface area contributed by atoms with Crippen LogP contribution in [0.2, 0.25) is 0 Å². The summed E-state index contributed by atoms with van der Waals surface area (Å²) in [7, 11) is -5.58. The minimum Gasteiger partial charge on any atom is -0.418 e. The van der Waals surface area contributed by atoms with Crippen molar-refractivity contribution < 1.29 is 17.3 Å². The van der Waals surface area contributed by atoms with Gasteiger partial charge in [-0.15, -0.1) is 0 Å². The van der Waals surface area contributed by atoms with E-state index in [2.05, 4.69) is 19.7 Å². The lowest BCUT2D eigenvalue weighted by atomic mass is 10.3. The number of rotatable bonds is 6. The minimum atomic E-state index is -6.00. The normalized spacial score (nSPS) is 10.2. The lowest BCUT2D eigenvalue weighted by molar-refractivity contribution is 0.368. The van der Waals surface area contributed by atoms with Crippen LogP contribution in [0.4, 0.5) is 17.3 Å². The summed E-state index contributed by atoms with van der Waals surface area (Å²) in [6.07, 6.45) is 5.91. The minimum absolute atomic E-state index is 0.421. The lowest BCUT2D eigenvalue weighted by Gasteiger charge is -1.98. The molecule has 0 aliphatic carbocycles. The van der Waals surface area contributed by atoms with Crippen LogP contribution in [0.25, 0.3) is 0 Å². The Balaban J connectivity index is 0. The number of hydrogen-bond acceptors (Lipinski definition) is 0. The van der Waals surface area contributed by atoms with E-state index in [1.807, 2.05) is 18.2 Å². The van der Waals surface area contributed by atoms with Gasteiger partial charge in [0.25, 0.3) is 0 Å². The summed E-state index contributed by atoms with van der Waals surface area (Å²) in [5, 5.41) is 0. The second-order valence-electron chi connectivity index (χ2n) is 2.47. The van der Waals surface area contributed by atoms with Crippen LogP contribution in [0.3, 0.4) is 0 Å². The molecule has 0 saturated heterocycles. The van der Waals surface area contributed by atoms with E-state index in [9.17, 15) is 17.3 Å². The molecule has 0 aromatic heterocycles. The molecule has 0 aromatic carbocycles. The molecule has 0 fully saturated rings. The molecule has 0 bridgehead atoms. The highest BCUT2D eigenvalue weighted by atomic mass is 32.2. The molecule has 88 valence electrons. The van der Waals surface area contributed by atoms with Gasteiger partial charge in [-0.05, 0) is 29.1 Å². The molecule has 0 atom stereocenters. The fourth-order valence-corrected chi connectivity index (χ4v) is 2.11. The summed E-state index contributed by atoms with van der Waals surface area (Å²) in [6.45, 7) is 11.1. The van der Waals surface area contributed by atoms with Crippen LogP contribution in [-0.4, -0.2) is 24.5 Å². The average molecular weight is 242 g/mol. The molecule has 0 nitrogen and oxygen atoms in total. The SMILES string of the molecule is C=CC[S+](CC=C)CC=C.F[B-](F)(F)F. The molecule has 0 amide bonds. The second-order valence-corrected chi connectivity index (χ2v) is 4.70. The van der Waals surface area contributed by atoms with Crippen molar-refractivity contribution in [1.29, 1.82) is 0 Å². The topological polar surface area (TPSA) is 0 Å². The molecule has 15 heavy (non-hydrogen) atoms. The maximum absolute atomic E-state index is 9.75. The molecule has 0 spiro atoms. The maximum atomic E-state index is 9.75. The summed E-state index contributed by atoms with van der Waals surface area (Å²) < 4.78 is 39.0. The summed E-state index contributed by atoms with van der Waals surface area (Å²) in [6, 6.07) is 0. The highest BCUT2D eigenvalue weighted by molar-refractivity contribution is 7.97. The van der Waals surface area contributed by atoms with Gasteiger partial charge < -0.3 is 17.3 Å². The summed E-state index contributed by atoms with van der Waals surface area (Å²) in [5.41, 5.74) is 0. The van der Waals surface area contributed by atoms with Crippen LogP contribution < -0.4 is 0 Å². The fourth-order valence-electron chi connectivity index (χ4n) is 0.704. The maximum Gasteiger partial charge on any atom is 0.673 e. The largest absolute Gasteiger partial charge is 0.673 e. The van der Waals surface area contributed by atoms with Crippen molar-refractivity contribution in [2.75, 3.05) is 17.3 Å². The smallest absolute Gasteiger partial charge is 0.418 e. The molecule has 0 aromatic rings. The monoisotopic (exact) mass is 242 g/mol. The van der Waals surface area contributed by atoms with Gasteiger partial charge in [-0.1, -0.05) is 19.7 Å². The van der Waals surface area contributed by atoms with E-state index in [0.29, 0.717) is 10.9 Å². The van der Waals surface area contributed by atoms with Crippen molar-refractivity contribution in [2.24, 2.45) is 0 Å². The van der Waals surface area contributed by atoms with Crippen molar-refractivity contribution in [2.45, 2.75) is 0 Å². The molecule has 0 N–H and O–H groups in total. The molecule has 6 heteroatoms. The summed E-state index contributed by atoms with van der Waals surface area (Å²) in [5.74, 6) is 3.29. The third-order valence-electron chi connectivity index (χ3n) is 1.06. The second kappa shape index (κ2) is 9.89. The Morgan fingerprint density at radius 3 is 1.13 bits per heavy atom. The Morgan fingerprint density at radius 2 is 1.00 bits per heavy atom. The summed E-state index contributed by atoms with van der Waals surface area (Å²) >= 11 is 0. The Morgan fingerprint density at radius 1 is 0.800 bits per heavy atom. The predicted molar refractivity (Wildman–Crippen MR) is 62.7 cm³/mol. The van der Waals surface area contributed by atoms with E-state index in [1.165, 1.54) is 0 Å². The first-order valence-electron chi connectivity index (χ1n) is 4.19. The van der Waals surface area contributed by atoms with E-state index in [-0.39, 0.29) is 0 Å². The molecule has 0 radical (unpaired) electrons. The van der Waals surface area contributed by atoms with Gasteiger partial charge in [0, 0.05) is 0 Å². The first kappa shape index (κ1) is 16.8. The molecule has 0 saturated carbocycles. The molecular formula is C9H15BF4S. The van der Waals surface area contributed by atoms with Gasteiger partial charge in [0.15, 0.2) is 0 Å². The average Bonchev–Trinajstić information content (AvgIpc) is 2.02. The summed E-state index contributed by atoms with van der Waals surface area (Å²) in [4.78, 5) is 0. The van der Waals surface area contributed by atoms with Crippen LogP contribution >= 0.6 is 0 Å². The van der Waals surface area contributed by atoms with Crippen molar-refractivity contribution in [3.05, 3.63) is 38.0 Å². The van der Waals surface area contributed by atoms with Crippen molar-refractivity contribution in [1.82, 2.24) is 0 Å². The fraction of sp³-hybridized carbons (Fsp3) is 0.333. The first-order valence-corrected chi connectivity index (χ1v) is 5.92. The number of halogens is 4. The zero-order chi connectivity index (χ0) is 12.3. The molecule has 0 rings (SSSR count). The van der Waals surface area contributed by atoms with Crippen molar-refractivity contribution in [3.63, 3.8) is 0 Å². The molecule has 0 aliphatic heterocycles. The third-order valence-corrected chi connectivity index (χ3v) is 3.18. The van der Waals surface area contributed by atoms with Crippen LogP contribution in [0.15, 0.2) is 38.0 Å². The molecule has 0 heterocycles. The van der Waals surface area contributed by atoms with Crippen LogP contribution in [0.5, 0.6) is 0 Å². The molecule has 0 unspecified atom stereocenters. The first-order chi connectivity index (χ1) is 6.85. The van der Waals surface area contributed by atoms with E-state index >= 15 is 0 Å². The van der Waals surface area contributed by atoms with E-state index in [4.69, 9.17) is 0 Å². The molecular weight excluding hydrogens is 227 g/mol. The van der Waals surface area contributed by atoms with Gasteiger partial charge in [-0.3, -0.25) is 0 Å². The van der Waals surface area contributed by atoms with Crippen LogP contribution in [0, 0.1) is 0 Å². The molecule has 0 aliphatic rings. The quantitative estimate of drug-likeness (QED) is 0.289. The standard InChI is InChI=1S/C9H15S.BF4/c1-4-7-10(8-5-2)9-6-3;2-1(3,4)5/h4-6H,1-3,7-9H2;/q+1;-1. The van der Waals surface area contributed by atoms with E-state index in [0.717, 1.165) is 17.3 Å². The van der Waals surface area contributed by atoms with Gasteiger partial charge in [0.05, 0.1) is 0 Å². The zero-order valence-electron chi connectivity index (χ0n) is 8.47. The van der Waals surface area contributed by atoms with Crippen LogP contribution in [0.1, 0.15) is 0 Å². The van der Waals surface area contributed by atoms with Gasteiger partial charge in [0.1, 0.15) is 17.3 Å². The Bertz CT molecular complexity index is 161. The Hall–Kier alpha value is -0.645. The third kappa shape index (κ3) is 24.7. The highest BCUT2D eigenvalue weighted by Gasteiger charge is 2.20. The van der Waals surface area contributed by atoms with Crippen LogP contribution in [-0.2, 0) is 10.9 Å². The van der Waals surface area contributed by atoms with E-state index < -0.39 is 7.25 Å². The van der Waals surface area contributed by atoms with Crippen molar-refractivity contribution >= 4 is 18.1 Å². The van der Waals surface area contributed by atoms with E-state index in [1.54, 1.807) is 0 Å². The van der Waals surface area contributed by atoms with Gasteiger partial charge in [-0.25, -0.2) is 0 Å². The van der Waals surface area contributed by atoms with Gasteiger partial charge in [0.2, 0.25) is 0 Å². The Labute approximate surface area is 91.2 Å². The van der Waals surface area contributed by atoms with Gasteiger partial charge >= 0.3 is 7.25 Å². The van der Waals surface area contributed by atoms with Crippen molar-refractivity contribution in [3.8, 4) is 0 Å².